The van der Waals surface area contributed by atoms with Crippen molar-refractivity contribution in [3.8, 4) is 0 Å². The van der Waals surface area contributed by atoms with E-state index in [2.05, 4.69) is 15.5 Å². The molecule has 2 heterocycles. The molecule has 1 N–H and O–H groups in total. The first-order valence-electron chi connectivity index (χ1n) is 6.15. The molecule has 0 aromatic carbocycles. The number of amides is 1. The van der Waals surface area contributed by atoms with E-state index < -0.39 is 12.5 Å². The van der Waals surface area contributed by atoms with Crippen molar-refractivity contribution in [3.63, 3.8) is 0 Å². The molecule has 0 aliphatic rings. The molecule has 0 spiro atoms. The van der Waals surface area contributed by atoms with E-state index in [9.17, 15) is 13.6 Å². The second-order valence-electron chi connectivity index (χ2n) is 4.24. The normalized spacial score (nSPS) is 11.1. The van der Waals surface area contributed by atoms with Crippen LogP contribution in [0.4, 0.5) is 8.78 Å². The third-order valence-electron chi connectivity index (χ3n) is 2.85. The van der Waals surface area contributed by atoms with Gasteiger partial charge in [0.2, 0.25) is 0 Å². The molecular formula is C12H15F2N5O. The molecule has 2 aromatic rings. The molecule has 108 valence electrons. The van der Waals surface area contributed by atoms with Gasteiger partial charge in [-0.3, -0.25) is 9.48 Å². The number of halogens is 2. The van der Waals surface area contributed by atoms with Crippen LogP contribution < -0.4 is 5.32 Å². The van der Waals surface area contributed by atoms with Gasteiger partial charge in [0.25, 0.3) is 5.91 Å². The summed E-state index contributed by atoms with van der Waals surface area (Å²) in [6.07, 6.45) is 2.91. The molecule has 8 heteroatoms. The molecule has 1 amide bonds. The fraction of sp³-hybridized carbons (Fsp3) is 0.417. The Kier molecular flexibility index (Phi) is 4.11. The van der Waals surface area contributed by atoms with Gasteiger partial charge in [-0.2, -0.15) is 19.0 Å². The van der Waals surface area contributed by atoms with Crippen molar-refractivity contribution in [2.75, 3.05) is 0 Å². The molecule has 2 aromatic heterocycles. The van der Waals surface area contributed by atoms with Crippen LogP contribution in [0, 0.1) is 6.92 Å². The van der Waals surface area contributed by atoms with Gasteiger partial charge >= 0.3 is 6.55 Å². The number of hydrogen-bond donors (Lipinski definition) is 1. The third-order valence-corrected chi connectivity index (χ3v) is 2.85. The molecular weight excluding hydrogens is 268 g/mol. The van der Waals surface area contributed by atoms with Crippen LogP contribution >= 0.6 is 0 Å². The highest BCUT2D eigenvalue weighted by molar-refractivity contribution is 5.92. The molecule has 0 fully saturated rings. The zero-order chi connectivity index (χ0) is 14.7. The summed E-state index contributed by atoms with van der Waals surface area (Å²) in [6, 6.07) is 1.25. The zero-order valence-electron chi connectivity index (χ0n) is 11.2. The predicted octanol–water partition coefficient (Wildman–Crippen LogP) is 1.73. The molecule has 20 heavy (non-hydrogen) atoms. The number of rotatable bonds is 5. The topological polar surface area (TPSA) is 64.7 Å². The highest BCUT2D eigenvalue weighted by Crippen LogP contribution is 2.09. The molecule has 2 rings (SSSR count). The Labute approximate surface area is 114 Å². The molecule has 0 radical (unpaired) electrons. The van der Waals surface area contributed by atoms with Crippen molar-refractivity contribution in [2.45, 2.75) is 33.5 Å². The summed E-state index contributed by atoms with van der Waals surface area (Å²) >= 11 is 0. The highest BCUT2D eigenvalue weighted by atomic mass is 19.3. The number of hydrogen-bond acceptors (Lipinski definition) is 3. The van der Waals surface area contributed by atoms with Crippen LogP contribution in [0.1, 0.15) is 35.2 Å². The highest BCUT2D eigenvalue weighted by Gasteiger charge is 2.14. The fourth-order valence-electron chi connectivity index (χ4n) is 1.73. The third kappa shape index (κ3) is 3.01. The van der Waals surface area contributed by atoms with E-state index in [1.165, 1.54) is 6.07 Å². The number of aryl methyl sites for hydroxylation is 2. The van der Waals surface area contributed by atoms with Gasteiger partial charge in [-0.05, 0) is 19.9 Å². The molecule has 0 saturated carbocycles. The van der Waals surface area contributed by atoms with Crippen molar-refractivity contribution in [1.82, 2.24) is 24.9 Å². The van der Waals surface area contributed by atoms with Crippen LogP contribution in [0.5, 0.6) is 0 Å². The number of nitrogens with one attached hydrogen (secondary N) is 1. The Morgan fingerprint density at radius 1 is 1.45 bits per heavy atom. The van der Waals surface area contributed by atoms with Gasteiger partial charge in [-0.1, -0.05) is 0 Å². The van der Waals surface area contributed by atoms with Gasteiger partial charge in [0.15, 0.2) is 0 Å². The maximum atomic E-state index is 12.3. The molecule has 0 aliphatic carbocycles. The number of nitrogens with zero attached hydrogens (tertiary/aromatic N) is 4. The quantitative estimate of drug-likeness (QED) is 0.909. The lowest BCUT2D eigenvalue weighted by molar-refractivity contribution is 0.0560. The average molecular weight is 283 g/mol. The van der Waals surface area contributed by atoms with E-state index in [1.807, 2.05) is 20.0 Å². The van der Waals surface area contributed by atoms with Crippen molar-refractivity contribution < 1.29 is 13.6 Å². The first-order valence-corrected chi connectivity index (χ1v) is 6.15. The van der Waals surface area contributed by atoms with Crippen LogP contribution in [-0.2, 0) is 13.1 Å². The maximum absolute atomic E-state index is 12.3. The zero-order valence-corrected chi connectivity index (χ0v) is 11.2. The Hall–Kier alpha value is -2.25. The minimum Gasteiger partial charge on any atom is -0.346 e. The summed E-state index contributed by atoms with van der Waals surface area (Å²) in [5, 5.41) is 10.4. The van der Waals surface area contributed by atoms with E-state index in [4.69, 9.17) is 0 Å². The van der Waals surface area contributed by atoms with Crippen LogP contribution in [0.25, 0.3) is 0 Å². The Morgan fingerprint density at radius 2 is 2.20 bits per heavy atom. The van der Waals surface area contributed by atoms with Crippen LogP contribution in [0.3, 0.4) is 0 Å². The van der Waals surface area contributed by atoms with Gasteiger partial charge in [0.1, 0.15) is 5.69 Å². The second-order valence-corrected chi connectivity index (χ2v) is 4.24. The van der Waals surface area contributed by atoms with Crippen LogP contribution in [-0.4, -0.2) is 25.5 Å². The van der Waals surface area contributed by atoms with Crippen molar-refractivity contribution in [2.24, 2.45) is 0 Å². The SMILES string of the molecule is CCn1cc(CNC(=O)c2ccn(C(F)F)n2)c(C)n1. The fourth-order valence-corrected chi connectivity index (χ4v) is 1.73. The summed E-state index contributed by atoms with van der Waals surface area (Å²) in [7, 11) is 0. The maximum Gasteiger partial charge on any atom is 0.333 e. The molecule has 0 aliphatic heterocycles. The Morgan fingerprint density at radius 3 is 2.75 bits per heavy atom. The summed E-state index contributed by atoms with van der Waals surface area (Å²) in [4.78, 5) is 11.8. The van der Waals surface area contributed by atoms with E-state index in [-0.39, 0.29) is 12.2 Å². The summed E-state index contributed by atoms with van der Waals surface area (Å²) < 4.78 is 26.9. The average Bonchev–Trinajstić information content (AvgIpc) is 3.02. The van der Waals surface area contributed by atoms with Gasteiger partial charge < -0.3 is 5.32 Å². The van der Waals surface area contributed by atoms with Gasteiger partial charge in [0.05, 0.1) is 5.69 Å². The minimum atomic E-state index is -2.75. The molecule has 0 saturated heterocycles. The lowest BCUT2D eigenvalue weighted by Crippen LogP contribution is -2.23. The van der Waals surface area contributed by atoms with E-state index >= 15 is 0 Å². The lowest BCUT2D eigenvalue weighted by Gasteiger charge is -2.02. The van der Waals surface area contributed by atoms with Crippen molar-refractivity contribution >= 4 is 5.91 Å². The van der Waals surface area contributed by atoms with Gasteiger partial charge in [-0.15, -0.1) is 0 Å². The summed E-state index contributed by atoms with van der Waals surface area (Å²) in [5.41, 5.74) is 1.67. The standard InChI is InChI=1S/C12H15F2N5O/c1-3-18-7-9(8(2)16-18)6-15-11(20)10-4-5-19(17-10)12(13)14/h4-5,7,12H,3,6H2,1-2H3,(H,15,20). The number of carbonyl (C=O) groups is 1. The molecule has 0 atom stereocenters. The van der Waals surface area contributed by atoms with Crippen molar-refractivity contribution in [3.05, 3.63) is 35.4 Å². The monoisotopic (exact) mass is 283 g/mol. The van der Waals surface area contributed by atoms with Crippen molar-refractivity contribution in [1.29, 1.82) is 0 Å². The largest absolute Gasteiger partial charge is 0.346 e. The van der Waals surface area contributed by atoms with E-state index in [1.54, 1.807) is 4.68 Å². The lowest BCUT2D eigenvalue weighted by atomic mass is 10.2. The smallest absolute Gasteiger partial charge is 0.333 e. The molecule has 0 bridgehead atoms. The van der Waals surface area contributed by atoms with Gasteiger partial charge in [0, 0.05) is 31.0 Å². The van der Waals surface area contributed by atoms with E-state index in [0.29, 0.717) is 4.68 Å². The summed E-state index contributed by atoms with van der Waals surface area (Å²) in [6.45, 7) is 2.09. The Balaban J connectivity index is 1.98. The van der Waals surface area contributed by atoms with Gasteiger partial charge in [-0.25, -0.2) is 4.68 Å². The molecule has 0 unspecified atom stereocenters. The number of alkyl halides is 2. The van der Waals surface area contributed by atoms with E-state index in [0.717, 1.165) is 24.0 Å². The first kappa shape index (κ1) is 14.2. The number of aromatic nitrogens is 4. The Bertz CT molecular complexity index is 605. The van der Waals surface area contributed by atoms with Crippen LogP contribution in [0.2, 0.25) is 0 Å². The second kappa shape index (κ2) is 5.81. The predicted molar refractivity (Wildman–Crippen MR) is 67.3 cm³/mol. The minimum absolute atomic E-state index is 0.0363. The van der Waals surface area contributed by atoms with Crippen LogP contribution in [0.15, 0.2) is 18.5 Å². The molecule has 6 nitrogen and oxygen atoms in total. The number of carbonyl (C=O) groups excluding carboxylic acids is 1. The first-order chi connectivity index (χ1) is 9.51. The summed E-state index contributed by atoms with van der Waals surface area (Å²) in [5.74, 6) is -0.493.